The molecule has 0 fully saturated rings. The van der Waals surface area contributed by atoms with Crippen molar-refractivity contribution in [3.63, 3.8) is 0 Å². The highest BCUT2D eigenvalue weighted by Gasteiger charge is 2.08. The van der Waals surface area contributed by atoms with Crippen LogP contribution in [-0.4, -0.2) is 4.98 Å². The molecule has 1 unspecified atom stereocenters. The van der Waals surface area contributed by atoms with Crippen molar-refractivity contribution >= 4 is 0 Å². The Hall–Kier alpha value is -1.67. The fourth-order valence-electron chi connectivity index (χ4n) is 2.31. The zero-order valence-corrected chi connectivity index (χ0v) is 11.7. The molecule has 2 heteroatoms. The Labute approximate surface area is 115 Å². The second kappa shape index (κ2) is 6.48. The highest BCUT2D eigenvalue weighted by Crippen LogP contribution is 2.18. The maximum absolute atomic E-state index is 6.30. The van der Waals surface area contributed by atoms with Crippen molar-refractivity contribution in [3.05, 3.63) is 65.5 Å². The molecule has 0 spiro atoms. The van der Waals surface area contributed by atoms with E-state index in [9.17, 15) is 0 Å². The fraction of sp³-hybridized carbons (Fsp3) is 0.353. The Morgan fingerprint density at radius 3 is 2.53 bits per heavy atom. The Morgan fingerprint density at radius 2 is 1.84 bits per heavy atom. The molecule has 2 rings (SSSR count). The van der Waals surface area contributed by atoms with E-state index in [1.807, 2.05) is 12.3 Å². The van der Waals surface area contributed by atoms with Crippen LogP contribution in [0.2, 0.25) is 0 Å². The Morgan fingerprint density at radius 1 is 1.05 bits per heavy atom. The van der Waals surface area contributed by atoms with Gasteiger partial charge in [0.1, 0.15) is 0 Å². The number of nitrogens with two attached hydrogens (primary N) is 1. The van der Waals surface area contributed by atoms with Crippen molar-refractivity contribution in [2.75, 3.05) is 0 Å². The van der Waals surface area contributed by atoms with Gasteiger partial charge < -0.3 is 5.73 Å². The summed E-state index contributed by atoms with van der Waals surface area (Å²) in [6, 6.07) is 12.7. The first-order valence-electron chi connectivity index (χ1n) is 6.88. The highest BCUT2D eigenvalue weighted by atomic mass is 14.6. The van der Waals surface area contributed by atoms with Crippen molar-refractivity contribution in [3.8, 4) is 0 Å². The minimum absolute atomic E-state index is 0.0383. The number of rotatable bonds is 5. The molecule has 1 heterocycles. The van der Waals surface area contributed by atoms with Gasteiger partial charge in [-0.25, -0.2) is 0 Å². The minimum Gasteiger partial charge on any atom is -0.324 e. The lowest BCUT2D eigenvalue weighted by atomic mass is 9.96. The van der Waals surface area contributed by atoms with Crippen molar-refractivity contribution in [1.29, 1.82) is 0 Å². The van der Waals surface area contributed by atoms with Crippen LogP contribution in [-0.2, 0) is 12.8 Å². The summed E-state index contributed by atoms with van der Waals surface area (Å²) >= 11 is 0. The molecular weight excluding hydrogens is 232 g/mol. The lowest BCUT2D eigenvalue weighted by Crippen LogP contribution is -2.13. The molecule has 2 nitrogen and oxygen atoms in total. The van der Waals surface area contributed by atoms with Gasteiger partial charge in [-0.1, -0.05) is 44.2 Å². The van der Waals surface area contributed by atoms with Gasteiger partial charge in [-0.3, -0.25) is 4.98 Å². The number of nitrogens with zero attached hydrogens (tertiary/aromatic N) is 1. The molecule has 0 saturated carbocycles. The van der Waals surface area contributed by atoms with E-state index in [-0.39, 0.29) is 6.04 Å². The standard InChI is InChI=1S/C17H22N2/c1-13(2)9-14-5-3-7-16(10-14)17(18)11-15-6-4-8-19-12-15/h3-8,10,12-13,17H,9,11,18H2,1-2H3. The second-order valence-electron chi connectivity index (χ2n) is 5.51. The van der Waals surface area contributed by atoms with Crippen LogP contribution in [0.1, 0.15) is 36.6 Å². The monoisotopic (exact) mass is 254 g/mol. The van der Waals surface area contributed by atoms with Crippen molar-refractivity contribution in [1.82, 2.24) is 4.98 Å². The third-order valence-corrected chi connectivity index (χ3v) is 3.20. The molecular formula is C17H22N2. The average Bonchev–Trinajstić information content (AvgIpc) is 2.39. The molecule has 2 aromatic rings. The molecule has 100 valence electrons. The molecule has 0 amide bonds. The van der Waals surface area contributed by atoms with Gasteiger partial charge in [0.15, 0.2) is 0 Å². The molecule has 0 aliphatic carbocycles. The zero-order chi connectivity index (χ0) is 13.7. The fourth-order valence-corrected chi connectivity index (χ4v) is 2.31. The van der Waals surface area contributed by atoms with Crippen LogP contribution in [0.5, 0.6) is 0 Å². The van der Waals surface area contributed by atoms with Gasteiger partial charge in [0, 0.05) is 18.4 Å². The van der Waals surface area contributed by atoms with E-state index in [2.05, 4.69) is 49.2 Å². The molecule has 1 atom stereocenters. The summed E-state index contributed by atoms with van der Waals surface area (Å²) in [4.78, 5) is 4.13. The third-order valence-electron chi connectivity index (χ3n) is 3.20. The summed E-state index contributed by atoms with van der Waals surface area (Å²) < 4.78 is 0. The maximum Gasteiger partial charge on any atom is 0.0336 e. The van der Waals surface area contributed by atoms with Gasteiger partial charge in [-0.2, -0.15) is 0 Å². The van der Waals surface area contributed by atoms with E-state index < -0.39 is 0 Å². The summed E-state index contributed by atoms with van der Waals surface area (Å²) in [6.45, 7) is 4.48. The number of hydrogen-bond donors (Lipinski definition) is 1. The first-order chi connectivity index (χ1) is 9.15. The number of aromatic nitrogens is 1. The lowest BCUT2D eigenvalue weighted by molar-refractivity contribution is 0.644. The number of benzene rings is 1. The predicted octanol–water partition coefficient (Wildman–Crippen LogP) is 3.52. The van der Waals surface area contributed by atoms with E-state index >= 15 is 0 Å². The van der Waals surface area contributed by atoms with Crippen LogP contribution in [0.25, 0.3) is 0 Å². The third kappa shape index (κ3) is 4.18. The molecule has 0 saturated heterocycles. The molecule has 0 radical (unpaired) electrons. The van der Waals surface area contributed by atoms with Crippen molar-refractivity contribution < 1.29 is 0 Å². The van der Waals surface area contributed by atoms with E-state index in [4.69, 9.17) is 5.73 Å². The molecule has 2 N–H and O–H groups in total. The largest absolute Gasteiger partial charge is 0.324 e. The molecule has 0 bridgehead atoms. The maximum atomic E-state index is 6.30. The van der Waals surface area contributed by atoms with Gasteiger partial charge in [0.25, 0.3) is 0 Å². The van der Waals surface area contributed by atoms with Crippen LogP contribution in [0.4, 0.5) is 0 Å². The van der Waals surface area contributed by atoms with E-state index in [1.54, 1.807) is 6.20 Å². The summed E-state index contributed by atoms with van der Waals surface area (Å²) in [7, 11) is 0. The Kier molecular flexibility index (Phi) is 4.69. The Bertz CT molecular complexity index is 506. The van der Waals surface area contributed by atoms with Gasteiger partial charge in [-0.15, -0.1) is 0 Å². The lowest BCUT2D eigenvalue weighted by Gasteiger charge is -2.14. The number of pyridine rings is 1. The second-order valence-corrected chi connectivity index (χ2v) is 5.51. The van der Waals surface area contributed by atoms with Gasteiger partial charge >= 0.3 is 0 Å². The van der Waals surface area contributed by atoms with Crippen LogP contribution >= 0.6 is 0 Å². The first-order valence-corrected chi connectivity index (χ1v) is 6.88. The normalized spacial score (nSPS) is 12.6. The molecule has 19 heavy (non-hydrogen) atoms. The van der Waals surface area contributed by atoms with Crippen LogP contribution in [0.3, 0.4) is 0 Å². The number of hydrogen-bond acceptors (Lipinski definition) is 2. The zero-order valence-electron chi connectivity index (χ0n) is 11.7. The summed E-state index contributed by atoms with van der Waals surface area (Å²) in [5.41, 5.74) is 10.1. The van der Waals surface area contributed by atoms with E-state index in [1.165, 1.54) is 16.7 Å². The summed E-state index contributed by atoms with van der Waals surface area (Å²) in [5, 5.41) is 0. The highest BCUT2D eigenvalue weighted by molar-refractivity contribution is 5.27. The van der Waals surface area contributed by atoms with Crippen LogP contribution in [0, 0.1) is 5.92 Å². The van der Waals surface area contributed by atoms with Crippen LogP contribution < -0.4 is 5.73 Å². The quantitative estimate of drug-likeness (QED) is 0.886. The topological polar surface area (TPSA) is 38.9 Å². The Balaban J connectivity index is 2.08. The summed E-state index contributed by atoms with van der Waals surface area (Å²) in [6.07, 6.45) is 5.61. The minimum atomic E-state index is 0.0383. The molecule has 1 aromatic heterocycles. The van der Waals surface area contributed by atoms with E-state index in [0.29, 0.717) is 5.92 Å². The van der Waals surface area contributed by atoms with Gasteiger partial charge in [0.2, 0.25) is 0 Å². The first kappa shape index (κ1) is 13.8. The molecule has 0 aliphatic heterocycles. The average molecular weight is 254 g/mol. The molecule has 0 aliphatic rings. The summed E-state index contributed by atoms with van der Waals surface area (Å²) in [5.74, 6) is 0.671. The van der Waals surface area contributed by atoms with Gasteiger partial charge in [-0.05, 0) is 41.5 Å². The van der Waals surface area contributed by atoms with Crippen molar-refractivity contribution in [2.24, 2.45) is 11.7 Å². The van der Waals surface area contributed by atoms with Crippen molar-refractivity contribution in [2.45, 2.75) is 32.7 Å². The smallest absolute Gasteiger partial charge is 0.0336 e. The van der Waals surface area contributed by atoms with E-state index in [0.717, 1.165) is 12.8 Å². The van der Waals surface area contributed by atoms with Crippen LogP contribution in [0.15, 0.2) is 48.8 Å². The SMILES string of the molecule is CC(C)Cc1cccc(C(N)Cc2cccnc2)c1. The molecule has 1 aromatic carbocycles. The predicted molar refractivity (Wildman–Crippen MR) is 79.9 cm³/mol. The van der Waals surface area contributed by atoms with Gasteiger partial charge in [0.05, 0.1) is 0 Å².